The summed E-state index contributed by atoms with van der Waals surface area (Å²) < 4.78 is 8.25. The van der Waals surface area contributed by atoms with Gasteiger partial charge in [-0.2, -0.15) is 5.10 Å². The molecular weight excluding hydrogens is 374 g/mol. The molecular formula is C25H29N3O2. The van der Waals surface area contributed by atoms with Gasteiger partial charge in [-0.15, -0.1) is 0 Å². The fourth-order valence-electron chi connectivity index (χ4n) is 3.65. The first kappa shape index (κ1) is 20.2. The minimum absolute atomic E-state index is 0.0293. The van der Waals surface area contributed by atoms with Crippen LogP contribution in [0.15, 0.2) is 60.7 Å². The molecule has 3 aromatic rings. The molecule has 0 bridgehead atoms. The Kier molecular flexibility index (Phi) is 5.88. The van der Waals surface area contributed by atoms with Gasteiger partial charge in [0.15, 0.2) is 0 Å². The van der Waals surface area contributed by atoms with E-state index >= 15 is 0 Å². The van der Waals surface area contributed by atoms with Gasteiger partial charge < -0.3 is 9.64 Å². The average Bonchev–Trinajstić information content (AvgIpc) is 3.56. The minimum atomic E-state index is -0.0293. The molecule has 0 saturated heterocycles. The first-order valence-electron chi connectivity index (χ1n) is 10.8. The summed E-state index contributed by atoms with van der Waals surface area (Å²) in [6.45, 7) is 6.56. The molecule has 0 spiro atoms. The molecule has 0 radical (unpaired) electrons. The van der Waals surface area contributed by atoms with Crippen LogP contribution in [0, 0.1) is 5.92 Å². The molecule has 0 unspecified atom stereocenters. The number of rotatable bonds is 8. The Labute approximate surface area is 178 Å². The molecule has 1 aliphatic rings. The molecule has 0 N–H and O–H groups in total. The van der Waals surface area contributed by atoms with Gasteiger partial charge in [0.2, 0.25) is 11.8 Å². The van der Waals surface area contributed by atoms with Gasteiger partial charge in [-0.3, -0.25) is 4.79 Å². The highest BCUT2D eigenvalue weighted by atomic mass is 16.5. The molecule has 0 atom stereocenters. The monoisotopic (exact) mass is 403 g/mol. The Morgan fingerprint density at radius 2 is 1.73 bits per heavy atom. The topological polar surface area (TPSA) is 47.4 Å². The van der Waals surface area contributed by atoms with Gasteiger partial charge in [0, 0.05) is 12.0 Å². The first-order valence-corrected chi connectivity index (χ1v) is 10.8. The zero-order chi connectivity index (χ0) is 21.1. The lowest BCUT2D eigenvalue weighted by atomic mass is 10.1. The van der Waals surface area contributed by atoms with E-state index in [0.29, 0.717) is 18.5 Å². The maximum Gasteiger partial charge on any atom is 0.227 e. The van der Waals surface area contributed by atoms with Crippen LogP contribution in [0.25, 0.3) is 5.69 Å². The number of carbonyl (C=O) groups excluding carboxylic acids is 1. The number of benzene rings is 2. The summed E-state index contributed by atoms with van der Waals surface area (Å²) in [5, 5.41) is 4.89. The Balaban J connectivity index is 1.79. The molecule has 5 nitrogen and oxygen atoms in total. The molecule has 5 heteroatoms. The molecule has 2 aromatic carbocycles. The summed E-state index contributed by atoms with van der Waals surface area (Å²) in [6, 6.07) is 20.1. The predicted molar refractivity (Wildman–Crippen MR) is 118 cm³/mol. The number of para-hydroxylation sites is 2. The standard InChI is InChI=1S/C25H29N3O2/c1-4-23-22(17-27(19-15-16-19)24(29)18(2)3)25(30-21-13-9-6-10-14-21)28(26-23)20-11-7-5-8-12-20/h5-14,18-19H,4,15-17H2,1-3H3. The molecule has 1 heterocycles. The van der Waals surface area contributed by atoms with E-state index in [4.69, 9.17) is 9.84 Å². The van der Waals surface area contributed by atoms with Crippen molar-refractivity contribution in [3.63, 3.8) is 0 Å². The first-order chi connectivity index (χ1) is 14.6. The Morgan fingerprint density at radius 1 is 1.10 bits per heavy atom. The van der Waals surface area contributed by atoms with Gasteiger partial charge in [-0.05, 0) is 43.5 Å². The lowest BCUT2D eigenvalue weighted by Crippen LogP contribution is -2.35. The van der Waals surface area contributed by atoms with E-state index in [1.54, 1.807) is 0 Å². The number of aryl methyl sites for hydroxylation is 1. The van der Waals surface area contributed by atoms with Crippen molar-refractivity contribution in [1.29, 1.82) is 0 Å². The zero-order valence-electron chi connectivity index (χ0n) is 17.9. The molecule has 156 valence electrons. The van der Waals surface area contributed by atoms with Crippen LogP contribution >= 0.6 is 0 Å². The van der Waals surface area contributed by atoms with Crippen LogP contribution < -0.4 is 4.74 Å². The van der Waals surface area contributed by atoms with Crippen LogP contribution in [0.4, 0.5) is 0 Å². The largest absolute Gasteiger partial charge is 0.439 e. The van der Waals surface area contributed by atoms with Crippen LogP contribution in [-0.2, 0) is 17.8 Å². The van der Waals surface area contributed by atoms with Gasteiger partial charge in [-0.1, -0.05) is 57.2 Å². The van der Waals surface area contributed by atoms with Gasteiger partial charge in [0.05, 0.1) is 23.5 Å². The van der Waals surface area contributed by atoms with Crippen molar-refractivity contribution < 1.29 is 9.53 Å². The molecule has 1 amide bonds. The van der Waals surface area contributed by atoms with Crippen molar-refractivity contribution in [1.82, 2.24) is 14.7 Å². The maximum atomic E-state index is 12.9. The molecule has 30 heavy (non-hydrogen) atoms. The van der Waals surface area contributed by atoms with E-state index in [9.17, 15) is 4.79 Å². The van der Waals surface area contributed by atoms with E-state index in [1.165, 1.54) is 0 Å². The number of ether oxygens (including phenoxy) is 1. The second kappa shape index (κ2) is 8.74. The van der Waals surface area contributed by atoms with Crippen LogP contribution in [-0.4, -0.2) is 26.6 Å². The summed E-state index contributed by atoms with van der Waals surface area (Å²) in [5.74, 6) is 1.61. The van der Waals surface area contributed by atoms with Gasteiger partial charge >= 0.3 is 0 Å². The lowest BCUT2D eigenvalue weighted by molar-refractivity contribution is -0.135. The van der Waals surface area contributed by atoms with E-state index < -0.39 is 0 Å². The van der Waals surface area contributed by atoms with Crippen LogP contribution in [0.5, 0.6) is 11.6 Å². The van der Waals surface area contributed by atoms with Crippen LogP contribution in [0.1, 0.15) is 44.9 Å². The summed E-state index contributed by atoms with van der Waals surface area (Å²) in [4.78, 5) is 15.0. The van der Waals surface area contributed by atoms with Crippen molar-refractivity contribution >= 4 is 5.91 Å². The summed E-state index contributed by atoms with van der Waals surface area (Å²) in [5.41, 5.74) is 2.90. The van der Waals surface area contributed by atoms with Gasteiger partial charge in [0.25, 0.3) is 0 Å². The third kappa shape index (κ3) is 4.25. The highest BCUT2D eigenvalue weighted by molar-refractivity contribution is 5.79. The normalized spacial score (nSPS) is 13.5. The molecule has 1 saturated carbocycles. The quantitative estimate of drug-likeness (QED) is 0.508. The van der Waals surface area contributed by atoms with Gasteiger partial charge in [-0.25, -0.2) is 4.68 Å². The SMILES string of the molecule is CCc1nn(-c2ccccc2)c(Oc2ccccc2)c1CN(C(=O)C(C)C)C1CC1. The Hall–Kier alpha value is -3.08. The van der Waals surface area contributed by atoms with Crippen molar-refractivity contribution in [2.75, 3.05) is 0 Å². The number of aromatic nitrogens is 2. The average molecular weight is 404 g/mol. The Morgan fingerprint density at radius 3 is 2.30 bits per heavy atom. The molecule has 1 fully saturated rings. The number of amides is 1. The maximum absolute atomic E-state index is 12.9. The fourth-order valence-corrected chi connectivity index (χ4v) is 3.65. The summed E-state index contributed by atoms with van der Waals surface area (Å²) in [6.07, 6.45) is 2.91. The van der Waals surface area contributed by atoms with Crippen molar-refractivity contribution in [2.45, 2.75) is 52.6 Å². The van der Waals surface area contributed by atoms with E-state index in [2.05, 4.69) is 6.92 Å². The number of carbonyl (C=O) groups is 1. The van der Waals surface area contributed by atoms with E-state index in [-0.39, 0.29) is 11.8 Å². The molecule has 1 aromatic heterocycles. The summed E-state index contributed by atoms with van der Waals surface area (Å²) in [7, 11) is 0. The van der Waals surface area contributed by atoms with E-state index in [1.807, 2.05) is 84.1 Å². The minimum Gasteiger partial charge on any atom is -0.439 e. The van der Waals surface area contributed by atoms with Crippen molar-refractivity contribution in [3.8, 4) is 17.3 Å². The molecule has 4 rings (SSSR count). The predicted octanol–water partition coefficient (Wildman–Crippen LogP) is 5.37. The fraction of sp³-hybridized carbons (Fsp3) is 0.360. The second-order valence-corrected chi connectivity index (χ2v) is 8.10. The zero-order valence-corrected chi connectivity index (χ0v) is 17.9. The van der Waals surface area contributed by atoms with Crippen molar-refractivity contribution in [3.05, 3.63) is 71.9 Å². The number of hydrogen-bond donors (Lipinski definition) is 0. The second-order valence-electron chi connectivity index (χ2n) is 8.10. The van der Waals surface area contributed by atoms with Gasteiger partial charge in [0.1, 0.15) is 5.75 Å². The van der Waals surface area contributed by atoms with Crippen LogP contribution in [0.3, 0.4) is 0 Å². The lowest BCUT2D eigenvalue weighted by Gasteiger charge is -2.25. The number of nitrogens with zero attached hydrogens (tertiary/aromatic N) is 3. The van der Waals surface area contributed by atoms with Crippen LogP contribution in [0.2, 0.25) is 0 Å². The van der Waals surface area contributed by atoms with Crippen molar-refractivity contribution in [2.24, 2.45) is 5.92 Å². The van der Waals surface area contributed by atoms with E-state index in [0.717, 1.165) is 42.0 Å². The molecule has 1 aliphatic carbocycles. The highest BCUT2D eigenvalue weighted by Gasteiger charge is 2.35. The highest BCUT2D eigenvalue weighted by Crippen LogP contribution is 2.36. The number of hydrogen-bond acceptors (Lipinski definition) is 3. The summed E-state index contributed by atoms with van der Waals surface area (Å²) >= 11 is 0. The Bertz CT molecular complexity index is 992. The molecule has 0 aliphatic heterocycles. The third-order valence-corrected chi connectivity index (χ3v) is 5.41. The third-order valence-electron chi connectivity index (χ3n) is 5.41. The smallest absolute Gasteiger partial charge is 0.227 e.